The van der Waals surface area contributed by atoms with E-state index < -0.39 is 0 Å². The second-order valence-corrected chi connectivity index (χ2v) is 7.38. The molecule has 1 atom stereocenters. The number of hydrogen-bond acceptors (Lipinski definition) is 4. The highest BCUT2D eigenvalue weighted by Crippen LogP contribution is 2.41. The van der Waals surface area contributed by atoms with E-state index in [-0.39, 0.29) is 11.8 Å². The largest absolute Gasteiger partial charge is 0.385 e. The Morgan fingerprint density at radius 1 is 1.44 bits per heavy atom. The summed E-state index contributed by atoms with van der Waals surface area (Å²) in [6.07, 6.45) is 2.86. The van der Waals surface area contributed by atoms with Gasteiger partial charge in [-0.15, -0.1) is 0 Å². The number of nitrogens with zero attached hydrogens (tertiary/aromatic N) is 3. The standard InChI is InChI=1S/C19H22ClN5O2/c1-10-6-12(14-9-22-25(2)24-14)16-13-7-15(26)21-8-11(4-5-27-3)18(13)23-19(16)17(10)20/h6,9,11,23H,4-5,7-8H2,1-3H3,(H,21,26). The van der Waals surface area contributed by atoms with Gasteiger partial charge < -0.3 is 15.0 Å². The molecule has 0 radical (unpaired) electrons. The van der Waals surface area contributed by atoms with Crippen molar-refractivity contribution in [2.45, 2.75) is 25.7 Å². The highest BCUT2D eigenvalue weighted by molar-refractivity contribution is 6.36. The summed E-state index contributed by atoms with van der Waals surface area (Å²) in [5.74, 6) is 0.156. The minimum Gasteiger partial charge on any atom is -0.385 e. The molecule has 3 heterocycles. The van der Waals surface area contributed by atoms with E-state index in [1.807, 2.05) is 13.0 Å². The maximum absolute atomic E-state index is 12.4. The first-order valence-corrected chi connectivity index (χ1v) is 9.33. The molecule has 0 aliphatic carbocycles. The lowest BCUT2D eigenvalue weighted by atomic mass is 9.94. The Kier molecular flexibility index (Phi) is 4.65. The Hall–Kier alpha value is -2.38. The lowest BCUT2D eigenvalue weighted by molar-refractivity contribution is -0.120. The molecule has 1 aromatic carbocycles. The smallest absolute Gasteiger partial charge is 0.224 e. The van der Waals surface area contributed by atoms with Gasteiger partial charge in [-0.3, -0.25) is 4.79 Å². The molecule has 1 aliphatic heterocycles. The van der Waals surface area contributed by atoms with Gasteiger partial charge in [-0.25, -0.2) is 0 Å². The molecule has 1 unspecified atom stereocenters. The molecule has 0 bridgehead atoms. The predicted molar refractivity (Wildman–Crippen MR) is 104 cm³/mol. The van der Waals surface area contributed by atoms with E-state index in [1.165, 1.54) is 4.80 Å². The molecule has 1 aliphatic rings. The minimum absolute atomic E-state index is 0.0128. The number of rotatable bonds is 4. The Morgan fingerprint density at radius 2 is 2.26 bits per heavy atom. The summed E-state index contributed by atoms with van der Waals surface area (Å²) in [5, 5.41) is 13.3. The van der Waals surface area contributed by atoms with Gasteiger partial charge in [-0.2, -0.15) is 15.0 Å². The molecule has 2 N–H and O–H groups in total. The highest BCUT2D eigenvalue weighted by atomic mass is 35.5. The van der Waals surface area contributed by atoms with Crippen LogP contribution < -0.4 is 5.32 Å². The number of aryl methyl sites for hydroxylation is 2. The number of nitrogens with one attached hydrogen (secondary N) is 2. The first kappa shape index (κ1) is 18.0. The number of ether oxygens (including phenoxy) is 1. The number of benzene rings is 1. The van der Waals surface area contributed by atoms with E-state index in [2.05, 4.69) is 20.5 Å². The van der Waals surface area contributed by atoms with Crippen molar-refractivity contribution in [3.63, 3.8) is 0 Å². The normalized spacial score (nSPS) is 17.0. The Balaban J connectivity index is 1.99. The summed E-state index contributed by atoms with van der Waals surface area (Å²) >= 11 is 6.64. The van der Waals surface area contributed by atoms with Gasteiger partial charge in [-0.05, 0) is 30.5 Å². The number of aromatic amines is 1. The minimum atomic E-state index is 0.0128. The Labute approximate surface area is 162 Å². The molecule has 0 saturated carbocycles. The third-order valence-electron chi connectivity index (χ3n) is 5.17. The molecule has 2 aromatic heterocycles. The fourth-order valence-corrected chi connectivity index (χ4v) is 4.04. The van der Waals surface area contributed by atoms with Gasteiger partial charge >= 0.3 is 0 Å². The van der Waals surface area contributed by atoms with E-state index in [9.17, 15) is 4.79 Å². The molecular formula is C19H22ClN5O2. The molecule has 0 spiro atoms. The van der Waals surface area contributed by atoms with Gasteiger partial charge in [0.1, 0.15) is 5.69 Å². The van der Waals surface area contributed by atoms with Crippen LogP contribution in [-0.2, 0) is 23.0 Å². The quantitative estimate of drug-likeness (QED) is 0.720. The van der Waals surface area contributed by atoms with Crippen LogP contribution in [0.5, 0.6) is 0 Å². The van der Waals surface area contributed by atoms with Crippen molar-refractivity contribution in [2.75, 3.05) is 20.3 Å². The molecule has 0 fully saturated rings. The van der Waals surface area contributed by atoms with Crippen LogP contribution in [0.3, 0.4) is 0 Å². The van der Waals surface area contributed by atoms with Crippen LogP contribution in [0.15, 0.2) is 12.3 Å². The number of amides is 1. The van der Waals surface area contributed by atoms with Crippen LogP contribution >= 0.6 is 11.6 Å². The Morgan fingerprint density at radius 3 is 2.96 bits per heavy atom. The molecule has 142 valence electrons. The predicted octanol–water partition coefficient (Wildman–Crippen LogP) is 2.72. The molecule has 0 saturated heterocycles. The van der Waals surface area contributed by atoms with Gasteiger partial charge in [0.25, 0.3) is 0 Å². The highest BCUT2D eigenvalue weighted by Gasteiger charge is 2.28. The van der Waals surface area contributed by atoms with Gasteiger partial charge in [-0.1, -0.05) is 11.6 Å². The molecule has 8 heteroatoms. The zero-order valence-electron chi connectivity index (χ0n) is 15.6. The first-order valence-electron chi connectivity index (χ1n) is 8.95. The fourth-order valence-electron chi connectivity index (χ4n) is 3.84. The summed E-state index contributed by atoms with van der Waals surface area (Å²) in [7, 11) is 3.48. The number of methoxy groups -OCH3 is 1. The van der Waals surface area contributed by atoms with Gasteiger partial charge in [0.2, 0.25) is 5.91 Å². The third-order valence-corrected chi connectivity index (χ3v) is 5.66. The van der Waals surface area contributed by atoms with E-state index in [1.54, 1.807) is 20.4 Å². The molecule has 1 amide bonds. The van der Waals surface area contributed by atoms with Crippen molar-refractivity contribution >= 4 is 28.4 Å². The van der Waals surface area contributed by atoms with E-state index in [4.69, 9.17) is 16.3 Å². The average molecular weight is 388 g/mol. The van der Waals surface area contributed by atoms with Crippen LogP contribution in [0.1, 0.15) is 29.2 Å². The van der Waals surface area contributed by atoms with Crippen LogP contribution in [0.2, 0.25) is 5.02 Å². The van der Waals surface area contributed by atoms with Gasteiger partial charge in [0.15, 0.2) is 0 Å². The lowest BCUT2D eigenvalue weighted by Crippen LogP contribution is -2.27. The summed E-state index contributed by atoms with van der Waals surface area (Å²) in [6, 6.07) is 2.02. The maximum Gasteiger partial charge on any atom is 0.224 e. The summed E-state index contributed by atoms with van der Waals surface area (Å²) in [4.78, 5) is 17.4. The monoisotopic (exact) mass is 387 g/mol. The molecule has 27 heavy (non-hydrogen) atoms. The number of carbonyl (C=O) groups excluding carboxylic acids is 1. The van der Waals surface area contributed by atoms with Crippen LogP contribution in [0.25, 0.3) is 22.2 Å². The number of hydrogen-bond donors (Lipinski definition) is 2. The van der Waals surface area contributed by atoms with E-state index in [0.29, 0.717) is 24.6 Å². The molecule has 3 aromatic rings. The number of fused-ring (bicyclic) bond motifs is 3. The number of H-pyrrole nitrogens is 1. The van der Waals surface area contributed by atoms with Crippen molar-refractivity contribution < 1.29 is 9.53 Å². The summed E-state index contributed by atoms with van der Waals surface area (Å²) in [6.45, 7) is 3.18. The summed E-state index contributed by atoms with van der Waals surface area (Å²) < 4.78 is 5.27. The van der Waals surface area contributed by atoms with Crippen molar-refractivity contribution in [1.29, 1.82) is 0 Å². The van der Waals surface area contributed by atoms with Crippen LogP contribution in [0, 0.1) is 6.92 Å². The number of aromatic nitrogens is 4. The second kappa shape index (κ2) is 6.98. The molecular weight excluding hydrogens is 366 g/mol. The zero-order valence-corrected chi connectivity index (χ0v) is 16.4. The fraction of sp³-hybridized carbons (Fsp3) is 0.421. The maximum atomic E-state index is 12.4. The van der Waals surface area contributed by atoms with Crippen molar-refractivity contribution in [3.8, 4) is 11.3 Å². The lowest BCUT2D eigenvalue weighted by Gasteiger charge is -2.14. The van der Waals surface area contributed by atoms with Gasteiger partial charge in [0, 0.05) is 49.9 Å². The van der Waals surface area contributed by atoms with E-state index >= 15 is 0 Å². The van der Waals surface area contributed by atoms with E-state index in [0.717, 1.165) is 45.4 Å². The topological polar surface area (TPSA) is 84.8 Å². The molecule has 4 rings (SSSR count). The van der Waals surface area contributed by atoms with Crippen LogP contribution in [0.4, 0.5) is 0 Å². The van der Waals surface area contributed by atoms with Crippen molar-refractivity contribution in [3.05, 3.63) is 34.1 Å². The van der Waals surface area contributed by atoms with Crippen LogP contribution in [-0.4, -0.2) is 46.1 Å². The SMILES string of the molecule is COCCC1CNC(=O)Cc2c1[nH]c1c(Cl)c(C)cc(-c3cnn(C)n3)c21. The second-order valence-electron chi connectivity index (χ2n) is 7.00. The number of halogens is 1. The Bertz CT molecular complexity index is 1020. The van der Waals surface area contributed by atoms with Crippen molar-refractivity contribution in [2.24, 2.45) is 7.05 Å². The zero-order chi connectivity index (χ0) is 19.1. The summed E-state index contributed by atoms with van der Waals surface area (Å²) in [5.41, 5.74) is 5.57. The third kappa shape index (κ3) is 3.11. The number of carbonyl (C=O) groups is 1. The van der Waals surface area contributed by atoms with Crippen molar-refractivity contribution in [1.82, 2.24) is 25.3 Å². The average Bonchev–Trinajstić information content (AvgIpc) is 3.19. The van der Waals surface area contributed by atoms with Gasteiger partial charge in [0.05, 0.1) is 23.2 Å². The molecule has 7 nitrogen and oxygen atoms in total. The first-order chi connectivity index (χ1) is 13.0.